The normalized spacial score (nSPS) is 17.5. The average molecular weight is 330 g/mol. The van der Waals surface area contributed by atoms with Gasteiger partial charge in [-0.15, -0.1) is 0 Å². The van der Waals surface area contributed by atoms with Crippen molar-refractivity contribution in [2.75, 3.05) is 13.2 Å². The van der Waals surface area contributed by atoms with Gasteiger partial charge in [0.25, 0.3) is 0 Å². The van der Waals surface area contributed by atoms with E-state index in [1.165, 1.54) is 12.1 Å². The Morgan fingerprint density at radius 1 is 1.25 bits per heavy atom. The van der Waals surface area contributed by atoms with Crippen molar-refractivity contribution in [3.8, 4) is 0 Å². The number of amides is 1. The Morgan fingerprint density at radius 3 is 2.92 bits per heavy atom. The molecule has 0 radical (unpaired) electrons. The Balaban J connectivity index is 1.71. The first-order chi connectivity index (χ1) is 11.7. The maximum atomic E-state index is 13.4. The van der Waals surface area contributed by atoms with Crippen LogP contribution in [0.4, 0.5) is 8.78 Å². The lowest BCUT2D eigenvalue weighted by atomic mass is 9.98. The fourth-order valence-corrected chi connectivity index (χ4v) is 3.21. The quantitative estimate of drug-likeness (QED) is 0.810. The van der Waals surface area contributed by atoms with Gasteiger partial charge in [-0.05, 0) is 47.7 Å². The van der Waals surface area contributed by atoms with Crippen molar-refractivity contribution in [3.63, 3.8) is 0 Å². The lowest BCUT2D eigenvalue weighted by Gasteiger charge is -2.19. The summed E-state index contributed by atoms with van der Waals surface area (Å²) in [7, 11) is 0. The molecule has 1 amide bonds. The van der Waals surface area contributed by atoms with Crippen LogP contribution in [0.1, 0.15) is 35.4 Å². The Labute approximate surface area is 140 Å². The van der Waals surface area contributed by atoms with Crippen molar-refractivity contribution in [1.29, 1.82) is 0 Å². The van der Waals surface area contributed by atoms with Crippen molar-refractivity contribution >= 4 is 5.91 Å². The second-order valence-electron chi connectivity index (χ2n) is 6.17. The van der Waals surface area contributed by atoms with Crippen LogP contribution >= 0.6 is 0 Å². The van der Waals surface area contributed by atoms with Gasteiger partial charge in [0.05, 0.1) is 6.67 Å². The van der Waals surface area contributed by atoms with Crippen molar-refractivity contribution in [1.82, 2.24) is 9.88 Å². The molecule has 1 aliphatic heterocycles. The minimum atomic E-state index is -0.362. The molecule has 0 unspecified atom stereocenters. The standard InChI is InChI=1S/C19H20F2N2O/c20-7-2-4-15-11-22-8-6-16(15)12-23-13-17(10-19(23)24)14-3-1-5-18(21)9-14/h1,3,5-6,8-9,11,17H,2,4,7,10,12-13H2/t17-/m0/s1. The van der Waals surface area contributed by atoms with Crippen molar-refractivity contribution in [2.24, 2.45) is 0 Å². The molecule has 1 aliphatic rings. The number of carbonyl (C=O) groups excluding carboxylic acids is 1. The average Bonchev–Trinajstić information content (AvgIpc) is 2.95. The smallest absolute Gasteiger partial charge is 0.223 e. The molecule has 0 N–H and O–H groups in total. The molecule has 5 heteroatoms. The summed E-state index contributed by atoms with van der Waals surface area (Å²) < 4.78 is 25.8. The highest BCUT2D eigenvalue weighted by Crippen LogP contribution is 2.30. The maximum absolute atomic E-state index is 13.4. The van der Waals surface area contributed by atoms with E-state index in [4.69, 9.17) is 0 Å². The first-order valence-electron chi connectivity index (χ1n) is 8.18. The monoisotopic (exact) mass is 330 g/mol. The summed E-state index contributed by atoms with van der Waals surface area (Å²) in [5.41, 5.74) is 2.85. The summed E-state index contributed by atoms with van der Waals surface area (Å²) >= 11 is 0. The Hall–Kier alpha value is -2.30. The molecule has 2 aromatic rings. The van der Waals surface area contributed by atoms with Gasteiger partial charge < -0.3 is 4.90 Å². The summed E-state index contributed by atoms with van der Waals surface area (Å²) in [5, 5.41) is 0. The molecule has 0 bridgehead atoms. The van der Waals surface area contributed by atoms with Crippen LogP contribution in [0, 0.1) is 5.82 Å². The van der Waals surface area contributed by atoms with E-state index in [-0.39, 0.29) is 24.3 Å². The van der Waals surface area contributed by atoms with Crippen LogP contribution in [0.2, 0.25) is 0 Å². The first-order valence-corrected chi connectivity index (χ1v) is 8.18. The zero-order chi connectivity index (χ0) is 16.9. The number of nitrogens with zero attached hydrogens (tertiary/aromatic N) is 2. The van der Waals surface area contributed by atoms with Crippen LogP contribution in [0.15, 0.2) is 42.7 Å². The summed E-state index contributed by atoms with van der Waals surface area (Å²) in [6, 6.07) is 8.34. The molecular formula is C19H20F2N2O. The van der Waals surface area contributed by atoms with Gasteiger partial charge >= 0.3 is 0 Å². The SMILES string of the molecule is O=C1C[C@H](c2cccc(F)c2)CN1Cc1ccncc1CCCF. The van der Waals surface area contributed by atoms with E-state index in [9.17, 15) is 13.6 Å². The number of carbonyl (C=O) groups is 1. The van der Waals surface area contributed by atoms with Crippen LogP contribution < -0.4 is 0 Å². The molecule has 1 aromatic heterocycles. The van der Waals surface area contributed by atoms with E-state index in [1.54, 1.807) is 23.4 Å². The highest BCUT2D eigenvalue weighted by molar-refractivity contribution is 5.79. The number of likely N-dealkylation sites (tertiary alicyclic amines) is 1. The van der Waals surface area contributed by atoms with Gasteiger partial charge in [-0.2, -0.15) is 0 Å². The molecular weight excluding hydrogens is 310 g/mol. The fourth-order valence-electron chi connectivity index (χ4n) is 3.21. The molecule has 0 spiro atoms. The van der Waals surface area contributed by atoms with Gasteiger partial charge in [0.15, 0.2) is 0 Å². The molecule has 1 saturated heterocycles. The number of halogens is 2. The van der Waals surface area contributed by atoms with E-state index >= 15 is 0 Å². The highest BCUT2D eigenvalue weighted by Gasteiger charge is 2.31. The van der Waals surface area contributed by atoms with E-state index in [0.29, 0.717) is 32.4 Å². The molecule has 24 heavy (non-hydrogen) atoms. The lowest BCUT2D eigenvalue weighted by Crippen LogP contribution is -2.25. The molecule has 126 valence electrons. The van der Waals surface area contributed by atoms with E-state index in [2.05, 4.69) is 4.98 Å². The largest absolute Gasteiger partial charge is 0.338 e. The molecule has 1 fully saturated rings. The molecule has 2 heterocycles. The zero-order valence-corrected chi connectivity index (χ0v) is 13.4. The molecule has 0 aliphatic carbocycles. The minimum absolute atomic E-state index is 0.0179. The van der Waals surface area contributed by atoms with Crippen LogP contribution in [0.5, 0.6) is 0 Å². The lowest BCUT2D eigenvalue weighted by molar-refractivity contribution is -0.128. The number of rotatable bonds is 6. The Morgan fingerprint density at radius 2 is 2.12 bits per heavy atom. The summed E-state index contributed by atoms with van der Waals surface area (Å²) in [6.45, 7) is 0.709. The fraction of sp³-hybridized carbons (Fsp3) is 0.368. The summed E-state index contributed by atoms with van der Waals surface area (Å²) in [5.74, 6) is -0.192. The van der Waals surface area contributed by atoms with Gasteiger partial charge in [-0.25, -0.2) is 4.39 Å². The number of hydrogen-bond acceptors (Lipinski definition) is 2. The van der Waals surface area contributed by atoms with Crippen LogP contribution in [0.25, 0.3) is 0 Å². The third-order valence-electron chi connectivity index (χ3n) is 4.48. The number of hydrogen-bond donors (Lipinski definition) is 0. The van der Waals surface area contributed by atoms with E-state index in [1.807, 2.05) is 12.1 Å². The number of benzene rings is 1. The zero-order valence-electron chi connectivity index (χ0n) is 13.4. The molecule has 3 nitrogen and oxygen atoms in total. The Bertz CT molecular complexity index is 720. The maximum Gasteiger partial charge on any atom is 0.223 e. The van der Waals surface area contributed by atoms with Gasteiger partial charge in [-0.3, -0.25) is 14.2 Å². The third-order valence-corrected chi connectivity index (χ3v) is 4.48. The number of aromatic nitrogens is 1. The third kappa shape index (κ3) is 3.78. The van der Waals surface area contributed by atoms with Crippen LogP contribution in [-0.4, -0.2) is 29.0 Å². The summed E-state index contributed by atoms with van der Waals surface area (Å²) in [6.07, 6.45) is 4.91. The predicted octanol–water partition coefficient (Wildman–Crippen LogP) is 3.64. The predicted molar refractivity (Wildman–Crippen MR) is 87.7 cm³/mol. The minimum Gasteiger partial charge on any atom is -0.338 e. The molecule has 1 aromatic carbocycles. The number of alkyl halides is 1. The van der Waals surface area contributed by atoms with E-state index < -0.39 is 0 Å². The van der Waals surface area contributed by atoms with Crippen LogP contribution in [0.3, 0.4) is 0 Å². The van der Waals surface area contributed by atoms with Crippen molar-refractivity contribution in [3.05, 3.63) is 65.2 Å². The molecule has 0 saturated carbocycles. The topological polar surface area (TPSA) is 33.2 Å². The second-order valence-corrected chi connectivity index (χ2v) is 6.17. The Kier molecular flexibility index (Phi) is 5.18. The number of pyridine rings is 1. The van der Waals surface area contributed by atoms with Gasteiger partial charge in [0.2, 0.25) is 5.91 Å². The van der Waals surface area contributed by atoms with Crippen molar-refractivity contribution in [2.45, 2.75) is 31.7 Å². The molecule has 1 atom stereocenters. The molecule has 3 rings (SSSR count). The highest BCUT2D eigenvalue weighted by atomic mass is 19.1. The number of aryl methyl sites for hydroxylation is 1. The first kappa shape index (κ1) is 16.6. The summed E-state index contributed by atoms with van der Waals surface area (Å²) in [4.78, 5) is 18.2. The van der Waals surface area contributed by atoms with Gasteiger partial charge in [-0.1, -0.05) is 12.1 Å². The second kappa shape index (κ2) is 7.51. The van der Waals surface area contributed by atoms with Gasteiger partial charge in [0, 0.05) is 37.8 Å². The van der Waals surface area contributed by atoms with Crippen LogP contribution in [-0.2, 0) is 17.8 Å². The van der Waals surface area contributed by atoms with Crippen molar-refractivity contribution < 1.29 is 13.6 Å². The van der Waals surface area contributed by atoms with E-state index in [0.717, 1.165) is 16.7 Å². The van der Waals surface area contributed by atoms with Gasteiger partial charge in [0.1, 0.15) is 5.82 Å².